The van der Waals surface area contributed by atoms with E-state index in [2.05, 4.69) is 4.98 Å². The molecule has 1 heterocycles. The summed E-state index contributed by atoms with van der Waals surface area (Å²) >= 11 is 1.43. The van der Waals surface area contributed by atoms with E-state index in [1.807, 2.05) is 10.8 Å². The molecule has 1 aromatic rings. The Kier molecular flexibility index (Phi) is 5.51. The van der Waals surface area contributed by atoms with E-state index in [0.29, 0.717) is 30.5 Å². The van der Waals surface area contributed by atoms with Crippen molar-refractivity contribution in [3.8, 4) is 0 Å². The van der Waals surface area contributed by atoms with E-state index < -0.39 is 0 Å². The first-order valence-corrected chi connectivity index (χ1v) is 6.22. The summed E-state index contributed by atoms with van der Waals surface area (Å²) in [4.78, 5) is 15.3. The van der Waals surface area contributed by atoms with E-state index in [4.69, 9.17) is 9.84 Å². The van der Waals surface area contributed by atoms with Crippen molar-refractivity contribution in [1.82, 2.24) is 9.55 Å². The molecule has 0 aliphatic rings. The Hall–Kier alpha value is -0.850. The average Bonchev–Trinajstić information content (AvgIpc) is 2.28. The molecule has 6 heteroatoms. The minimum atomic E-state index is -0.183. The molecule has 0 spiro atoms. The van der Waals surface area contributed by atoms with Crippen LogP contribution in [0.1, 0.15) is 5.56 Å². The predicted octanol–water partition coefficient (Wildman–Crippen LogP) is 0.283. The largest absolute Gasteiger partial charge is 0.394 e. The monoisotopic (exact) mass is 244 g/mol. The Morgan fingerprint density at radius 3 is 2.94 bits per heavy atom. The molecular formula is C10H16N2O3S. The van der Waals surface area contributed by atoms with Gasteiger partial charge in [-0.25, -0.2) is 0 Å². The first-order valence-electron chi connectivity index (χ1n) is 4.99. The number of hydrogen-bond donors (Lipinski definition) is 1. The lowest BCUT2D eigenvalue weighted by molar-refractivity contribution is 0.0855. The third-order valence-corrected chi connectivity index (χ3v) is 2.72. The van der Waals surface area contributed by atoms with Crippen LogP contribution in [0.2, 0.25) is 0 Å². The number of aliphatic hydroxyl groups excluding tert-OH is 1. The molecule has 0 aromatic carbocycles. The SMILES string of the molecule is CSc1nc(=O)c(C)cn1CCOCCO. The highest BCUT2D eigenvalue weighted by Gasteiger charge is 2.04. The highest BCUT2D eigenvalue weighted by molar-refractivity contribution is 7.98. The van der Waals surface area contributed by atoms with Crippen LogP contribution in [0.5, 0.6) is 0 Å². The molecule has 0 radical (unpaired) electrons. The Morgan fingerprint density at radius 1 is 1.56 bits per heavy atom. The number of thioether (sulfide) groups is 1. The van der Waals surface area contributed by atoms with Gasteiger partial charge in [0.2, 0.25) is 0 Å². The number of ether oxygens (including phenoxy) is 1. The molecule has 0 atom stereocenters. The Balaban J connectivity index is 2.70. The highest BCUT2D eigenvalue weighted by Crippen LogP contribution is 2.09. The van der Waals surface area contributed by atoms with Gasteiger partial charge in [-0.15, -0.1) is 0 Å². The number of aryl methyl sites for hydroxylation is 1. The fraction of sp³-hybridized carbons (Fsp3) is 0.600. The second-order valence-electron chi connectivity index (χ2n) is 3.25. The van der Waals surface area contributed by atoms with E-state index >= 15 is 0 Å². The van der Waals surface area contributed by atoms with Gasteiger partial charge in [0.05, 0.1) is 19.8 Å². The molecule has 1 rings (SSSR count). The Labute approximate surface area is 98.5 Å². The quantitative estimate of drug-likeness (QED) is 0.442. The Bertz CT molecular complexity index is 392. The molecule has 0 aliphatic heterocycles. The molecule has 0 amide bonds. The van der Waals surface area contributed by atoms with Crippen LogP contribution in [0, 0.1) is 6.92 Å². The molecule has 90 valence electrons. The maximum Gasteiger partial charge on any atom is 0.276 e. The first kappa shape index (κ1) is 13.2. The molecule has 1 aromatic heterocycles. The van der Waals surface area contributed by atoms with Crippen LogP contribution in [-0.4, -0.2) is 40.7 Å². The van der Waals surface area contributed by atoms with E-state index in [0.717, 1.165) is 0 Å². The third kappa shape index (κ3) is 3.62. The van der Waals surface area contributed by atoms with Crippen molar-refractivity contribution in [2.24, 2.45) is 0 Å². The van der Waals surface area contributed by atoms with Gasteiger partial charge in [0, 0.05) is 18.3 Å². The maximum atomic E-state index is 11.3. The van der Waals surface area contributed by atoms with E-state index in [1.54, 1.807) is 13.1 Å². The van der Waals surface area contributed by atoms with E-state index in [9.17, 15) is 4.79 Å². The van der Waals surface area contributed by atoms with Gasteiger partial charge in [0.25, 0.3) is 5.56 Å². The zero-order chi connectivity index (χ0) is 12.0. The summed E-state index contributed by atoms with van der Waals surface area (Å²) in [6, 6.07) is 0. The van der Waals surface area contributed by atoms with Gasteiger partial charge in [0.15, 0.2) is 5.16 Å². The van der Waals surface area contributed by atoms with Crippen LogP contribution in [0.15, 0.2) is 16.1 Å². The second kappa shape index (κ2) is 6.67. The molecule has 0 unspecified atom stereocenters. The molecule has 1 N–H and O–H groups in total. The fourth-order valence-electron chi connectivity index (χ4n) is 1.24. The third-order valence-electron chi connectivity index (χ3n) is 2.02. The van der Waals surface area contributed by atoms with Crippen LogP contribution >= 0.6 is 11.8 Å². The van der Waals surface area contributed by atoms with Crippen LogP contribution in [-0.2, 0) is 11.3 Å². The zero-order valence-corrected chi connectivity index (χ0v) is 10.3. The summed E-state index contributed by atoms with van der Waals surface area (Å²) in [5.74, 6) is 0. The van der Waals surface area contributed by atoms with E-state index in [-0.39, 0.29) is 12.2 Å². The predicted molar refractivity (Wildman–Crippen MR) is 62.9 cm³/mol. The van der Waals surface area contributed by atoms with E-state index in [1.165, 1.54) is 11.8 Å². The number of nitrogens with zero attached hydrogens (tertiary/aromatic N) is 2. The summed E-state index contributed by atoms with van der Waals surface area (Å²) in [5, 5.41) is 9.24. The number of rotatable bonds is 6. The van der Waals surface area contributed by atoms with Gasteiger partial charge in [-0.05, 0) is 13.2 Å². The van der Waals surface area contributed by atoms with Crippen molar-refractivity contribution in [1.29, 1.82) is 0 Å². The van der Waals surface area contributed by atoms with Crippen LogP contribution in [0.25, 0.3) is 0 Å². The first-order chi connectivity index (χ1) is 7.69. The lowest BCUT2D eigenvalue weighted by Crippen LogP contribution is -2.19. The van der Waals surface area contributed by atoms with Gasteiger partial charge < -0.3 is 14.4 Å². The van der Waals surface area contributed by atoms with Crippen LogP contribution in [0.3, 0.4) is 0 Å². The summed E-state index contributed by atoms with van der Waals surface area (Å²) in [7, 11) is 0. The van der Waals surface area contributed by atoms with Gasteiger partial charge in [-0.2, -0.15) is 4.98 Å². The number of aromatic nitrogens is 2. The van der Waals surface area contributed by atoms with Crippen molar-refractivity contribution in [3.05, 3.63) is 22.1 Å². The minimum Gasteiger partial charge on any atom is -0.394 e. The smallest absolute Gasteiger partial charge is 0.276 e. The van der Waals surface area contributed by atoms with Crippen LogP contribution in [0.4, 0.5) is 0 Å². The number of aliphatic hydroxyl groups is 1. The summed E-state index contributed by atoms with van der Waals surface area (Å²) in [6.07, 6.45) is 3.66. The minimum absolute atomic E-state index is 0.0246. The lowest BCUT2D eigenvalue weighted by atomic mass is 10.4. The van der Waals surface area contributed by atoms with Crippen LogP contribution < -0.4 is 5.56 Å². The van der Waals surface area contributed by atoms with Crippen molar-refractivity contribution in [2.75, 3.05) is 26.1 Å². The topological polar surface area (TPSA) is 64.4 Å². The molecule has 5 nitrogen and oxygen atoms in total. The zero-order valence-electron chi connectivity index (χ0n) is 9.47. The average molecular weight is 244 g/mol. The molecular weight excluding hydrogens is 228 g/mol. The molecule has 0 saturated carbocycles. The Morgan fingerprint density at radius 2 is 2.31 bits per heavy atom. The molecule has 0 aliphatic carbocycles. The van der Waals surface area contributed by atoms with Gasteiger partial charge in [-0.1, -0.05) is 11.8 Å². The summed E-state index contributed by atoms with van der Waals surface area (Å²) < 4.78 is 7.06. The molecule has 16 heavy (non-hydrogen) atoms. The maximum absolute atomic E-state index is 11.3. The van der Waals surface area contributed by atoms with Crippen molar-refractivity contribution >= 4 is 11.8 Å². The van der Waals surface area contributed by atoms with Gasteiger partial charge in [0.1, 0.15) is 0 Å². The van der Waals surface area contributed by atoms with Gasteiger partial charge >= 0.3 is 0 Å². The van der Waals surface area contributed by atoms with Crippen molar-refractivity contribution in [2.45, 2.75) is 18.6 Å². The summed E-state index contributed by atoms with van der Waals surface area (Å²) in [6.45, 7) is 3.23. The summed E-state index contributed by atoms with van der Waals surface area (Å²) in [5.41, 5.74) is 0.442. The normalized spacial score (nSPS) is 10.7. The van der Waals surface area contributed by atoms with Crippen molar-refractivity contribution < 1.29 is 9.84 Å². The fourth-order valence-corrected chi connectivity index (χ4v) is 1.79. The molecule has 0 saturated heterocycles. The molecule has 0 fully saturated rings. The lowest BCUT2D eigenvalue weighted by Gasteiger charge is -2.11. The second-order valence-corrected chi connectivity index (χ2v) is 4.02. The van der Waals surface area contributed by atoms with Gasteiger partial charge in [-0.3, -0.25) is 4.79 Å². The highest BCUT2D eigenvalue weighted by atomic mass is 32.2. The number of hydrogen-bond acceptors (Lipinski definition) is 5. The standard InChI is InChI=1S/C10H16N2O3S/c1-8-7-12(3-5-15-6-4-13)10(16-2)11-9(8)14/h7,13H,3-6H2,1-2H3. The molecule has 0 bridgehead atoms. The van der Waals surface area contributed by atoms with Crippen molar-refractivity contribution in [3.63, 3.8) is 0 Å².